The molecule has 166 valence electrons. The molecule has 0 radical (unpaired) electrons. The molecule has 10 heteroatoms. The van der Waals surface area contributed by atoms with Gasteiger partial charge in [0.15, 0.2) is 5.76 Å². The van der Waals surface area contributed by atoms with Crippen LogP contribution in [0.25, 0.3) is 0 Å². The Morgan fingerprint density at radius 3 is 1.97 bits per heavy atom. The van der Waals surface area contributed by atoms with Crippen molar-refractivity contribution in [2.24, 2.45) is 11.8 Å². The summed E-state index contributed by atoms with van der Waals surface area (Å²) >= 11 is 0. The van der Waals surface area contributed by atoms with Crippen LogP contribution in [0.15, 0.2) is 9.42 Å². The van der Waals surface area contributed by atoms with E-state index in [-0.39, 0.29) is 40.9 Å². The first-order valence-corrected chi connectivity index (χ1v) is 12.2. The fourth-order valence-corrected chi connectivity index (χ4v) is 6.47. The van der Waals surface area contributed by atoms with Gasteiger partial charge >= 0.3 is 0 Å². The van der Waals surface area contributed by atoms with Gasteiger partial charge in [-0.25, -0.2) is 8.42 Å². The van der Waals surface area contributed by atoms with Crippen molar-refractivity contribution in [3.8, 4) is 0 Å². The number of piperazine rings is 1. The average Bonchev–Trinajstić information content (AvgIpc) is 3.05. The SMILES string of the molecule is Cc1noc(C)c1S(=O)(=O)N1CCCC(C(=O)N2CCN(C(=O)C3CCC3)CC2)C1. The Bertz CT molecular complexity index is 896. The number of carbonyl (C=O) groups excluding carboxylic acids is 2. The summed E-state index contributed by atoms with van der Waals surface area (Å²) in [5.41, 5.74) is 0.341. The van der Waals surface area contributed by atoms with E-state index in [0.717, 1.165) is 19.3 Å². The Morgan fingerprint density at radius 2 is 1.47 bits per heavy atom. The molecule has 3 aliphatic rings. The second-order valence-electron chi connectivity index (χ2n) is 8.63. The quantitative estimate of drug-likeness (QED) is 0.699. The number of nitrogens with zero attached hydrogens (tertiary/aromatic N) is 4. The maximum absolute atomic E-state index is 13.1. The highest BCUT2D eigenvalue weighted by Crippen LogP contribution is 2.30. The molecule has 3 fully saturated rings. The van der Waals surface area contributed by atoms with Crippen molar-refractivity contribution in [1.29, 1.82) is 0 Å². The normalized spacial score (nSPS) is 24.0. The Kier molecular flexibility index (Phi) is 5.89. The maximum atomic E-state index is 13.1. The number of hydrogen-bond donors (Lipinski definition) is 0. The Hall–Kier alpha value is -1.94. The van der Waals surface area contributed by atoms with E-state index in [4.69, 9.17) is 4.52 Å². The lowest BCUT2D eigenvalue weighted by Crippen LogP contribution is -2.55. The zero-order valence-electron chi connectivity index (χ0n) is 17.7. The number of amides is 2. The van der Waals surface area contributed by atoms with Crippen LogP contribution in [0, 0.1) is 25.7 Å². The number of carbonyl (C=O) groups is 2. The van der Waals surface area contributed by atoms with Gasteiger partial charge in [0.25, 0.3) is 0 Å². The van der Waals surface area contributed by atoms with E-state index >= 15 is 0 Å². The molecule has 1 unspecified atom stereocenters. The molecule has 9 nitrogen and oxygen atoms in total. The molecule has 0 N–H and O–H groups in total. The van der Waals surface area contributed by atoms with Gasteiger partial charge < -0.3 is 14.3 Å². The summed E-state index contributed by atoms with van der Waals surface area (Å²) in [7, 11) is -3.75. The van der Waals surface area contributed by atoms with Crippen molar-refractivity contribution in [1.82, 2.24) is 19.3 Å². The fraction of sp³-hybridized carbons (Fsp3) is 0.750. The minimum Gasteiger partial charge on any atom is -0.360 e. The molecule has 1 aromatic heterocycles. The van der Waals surface area contributed by atoms with E-state index < -0.39 is 10.0 Å². The average molecular weight is 439 g/mol. The van der Waals surface area contributed by atoms with Crippen LogP contribution in [0.5, 0.6) is 0 Å². The van der Waals surface area contributed by atoms with Crippen LogP contribution < -0.4 is 0 Å². The fourth-order valence-electron chi connectivity index (χ4n) is 4.65. The van der Waals surface area contributed by atoms with Gasteiger partial charge in [0.05, 0.1) is 5.92 Å². The van der Waals surface area contributed by atoms with Crippen LogP contribution in [0.4, 0.5) is 0 Å². The molecule has 30 heavy (non-hydrogen) atoms. The highest BCUT2D eigenvalue weighted by atomic mass is 32.2. The monoisotopic (exact) mass is 438 g/mol. The third kappa shape index (κ3) is 3.87. The molecule has 1 saturated carbocycles. The molecular weight excluding hydrogens is 408 g/mol. The summed E-state index contributed by atoms with van der Waals surface area (Å²) in [4.78, 5) is 29.3. The van der Waals surface area contributed by atoms with Gasteiger partial charge in [0.1, 0.15) is 10.6 Å². The van der Waals surface area contributed by atoms with Crippen molar-refractivity contribution in [2.75, 3.05) is 39.3 Å². The topological polar surface area (TPSA) is 104 Å². The standard InChI is InChI=1S/C20H30N4O5S/c1-14-18(15(2)29-21-14)30(27,28)24-8-4-7-17(13-24)20(26)23-11-9-22(10-12-23)19(25)16-5-3-6-16/h16-17H,3-13H2,1-2H3. The van der Waals surface area contributed by atoms with Crippen molar-refractivity contribution < 1.29 is 22.5 Å². The molecule has 2 aliphatic heterocycles. The zero-order chi connectivity index (χ0) is 21.5. The van der Waals surface area contributed by atoms with Crippen LogP contribution in [0.1, 0.15) is 43.6 Å². The van der Waals surface area contributed by atoms with Gasteiger partial charge in [-0.2, -0.15) is 4.31 Å². The van der Waals surface area contributed by atoms with E-state index in [1.54, 1.807) is 18.7 Å². The summed E-state index contributed by atoms with van der Waals surface area (Å²) in [6.07, 6.45) is 4.40. The van der Waals surface area contributed by atoms with Gasteiger partial charge in [0, 0.05) is 45.2 Å². The largest absolute Gasteiger partial charge is 0.360 e. The molecule has 1 atom stereocenters. The van der Waals surface area contributed by atoms with Crippen LogP contribution in [0.2, 0.25) is 0 Å². The second-order valence-corrected chi connectivity index (χ2v) is 10.5. The molecule has 0 aromatic carbocycles. The van der Waals surface area contributed by atoms with E-state index in [9.17, 15) is 18.0 Å². The summed E-state index contributed by atoms with van der Waals surface area (Å²) in [6, 6.07) is 0. The number of piperidine rings is 1. The van der Waals surface area contributed by atoms with E-state index in [0.29, 0.717) is 51.3 Å². The molecule has 1 aliphatic carbocycles. The summed E-state index contributed by atoms with van der Waals surface area (Å²) in [6.45, 7) is 5.93. The molecule has 2 amide bonds. The Morgan fingerprint density at radius 1 is 0.900 bits per heavy atom. The molecule has 0 spiro atoms. The molecule has 4 rings (SSSR count). The number of aryl methyl sites for hydroxylation is 2. The smallest absolute Gasteiger partial charge is 0.248 e. The third-order valence-corrected chi connectivity index (χ3v) is 8.77. The summed E-state index contributed by atoms with van der Waals surface area (Å²) < 4.78 is 32.6. The number of sulfonamides is 1. The number of hydrogen-bond acceptors (Lipinski definition) is 6. The van der Waals surface area contributed by atoms with Crippen LogP contribution in [-0.4, -0.2) is 78.8 Å². The zero-order valence-corrected chi connectivity index (χ0v) is 18.5. The predicted octanol–water partition coefficient (Wildman–Crippen LogP) is 1.16. The third-order valence-electron chi connectivity index (χ3n) is 6.66. The lowest BCUT2D eigenvalue weighted by Gasteiger charge is -2.40. The lowest BCUT2D eigenvalue weighted by molar-refractivity contribution is -0.146. The predicted molar refractivity (Wildman–Crippen MR) is 108 cm³/mol. The number of rotatable bonds is 4. The minimum absolute atomic E-state index is 0.00981. The van der Waals surface area contributed by atoms with Gasteiger partial charge in [-0.15, -0.1) is 0 Å². The van der Waals surface area contributed by atoms with E-state index in [1.807, 2.05) is 4.90 Å². The molecule has 0 bridgehead atoms. The van der Waals surface area contributed by atoms with Gasteiger partial charge in [-0.05, 0) is 39.5 Å². The first-order chi connectivity index (χ1) is 14.3. The van der Waals surface area contributed by atoms with Crippen LogP contribution >= 0.6 is 0 Å². The van der Waals surface area contributed by atoms with Crippen molar-refractivity contribution >= 4 is 21.8 Å². The maximum Gasteiger partial charge on any atom is 0.248 e. The highest BCUT2D eigenvalue weighted by molar-refractivity contribution is 7.89. The molecule has 1 aromatic rings. The highest BCUT2D eigenvalue weighted by Gasteiger charge is 2.39. The lowest BCUT2D eigenvalue weighted by atomic mass is 9.84. The van der Waals surface area contributed by atoms with Crippen molar-refractivity contribution in [3.05, 3.63) is 11.5 Å². The first kappa shape index (κ1) is 21.3. The van der Waals surface area contributed by atoms with Crippen LogP contribution in [-0.2, 0) is 19.6 Å². The second kappa shape index (κ2) is 8.30. The minimum atomic E-state index is -3.75. The van der Waals surface area contributed by atoms with Gasteiger partial charge in [-0.3, -0.25) is 9.59 Å². The molecule has 3 heterocycles. The van der Waals surface area contributed by atoms with Crippen molar-refractivity contribution in [2.45, 2.75) is 50.8 Å². The first-order valence-electron chi connectivity index (χ1n) is 10.8. The number of aromatic nitrogens is 1. The van der Waals surface area contributed by atoms with Crippen LogP contribution in [0.3, 0.4) is 0 Å². The van der Waals surface area contributed by atoms with E-state index in [2.05, 4.69) is 5.16 Å². The van der Waals surface area contributed by atoms with Crippen molar-refractivity contribution in [3.63, 3.8) is 0 Å². The Balaban J connectivity index is 1.38. The molecular formula is C20H30N4O5S. The Labute approximate surface area is 177 Å². The summed E-state index contributed by atoms with van der Waals surface area (Å²) in [5, 5.41) is 3.76. The van der Waals surface area contributed by atoms with Gasteiger partial charge in [0.2, 0.25) is 21.8 Å². The van der Waals surface area contributed by atoms with Gasteiger partial charge in [-0.1, -0.05) is 11.6 Å². The molecule has 2 saturated heterocycles. The summed E-state index contributed by atoms with van der Waals surface area (Å²) in [5.74, 6) is 0.303. The van der Waals surface area contributed by atoms with E-state index in [1.165, 1.54) is 4.31 Å².